The van der Waals surface area contributed by atoms with Gasteiger partial charge < -0.3 is 25.4 Å². The normalized spacial score (nSPS) is 26.4. The lowest BCUT2D eigenvalue weighted by atomic mass is 10.1. The third kappa shape index (κ3) is 3.55. The van der Waals surface area contributed by atoms with Gasteiger partial charge in [0.05, 0.1) is 12.9 Å². The van der Waals surface area contributed by atoms with Gasteiger partial charge in [-0.1, -0.05) is 31.7 Å². The van der Waals surface area contributed by atoms with E-state index < -0.39 is 24.5 Å². The van der Waals surface area contributed by atoms with Gasteiger partial charge in [-0.25, -0.2) is 15.0 Å². The monoisotopic (exact) mass is 381 g/mol. The van der Waals surface area contributed by atoms with Crippen LogP contribution in [0.3, 0.4) is 0 Å². The molecule has 1 aliphatic rings. The number of nitrogens with one attached hydrogen (secondary N) is 1. The van der Waals surface area contributed by atoms with Crippen LogP contribution in [0.15, 0.2) is 23.8 Å². The van der Waals surface area contributed by atoms with Gasteiger partial charge in [0, 0.05) is 0 Å². The fourth-order valence-corrected chi connectivity index (χ4v) is 3.06. The molecule has 0 radical (unpaired) electrons. The Balaban J connectivity index is 2.01. The van der Waals surface area contributed by atoms with Gasteiger partial charge in [-0.15, -0.1) is 0 Å². The Hall–Kier alpha value is -1.72. The molecule has 0 amide bonds. The molecule has 0 unspecified atom stereocenters. The molecule has 4 N–H and O–H groups in total. The minimum atomic E-state index is -1.20. The number of aromatic nitrogens is 4. The second-order valence-corrected chi connectivity index (χ2v) is 7.13. The van der Waals surface area contributed by atoms with Gasteiger partial charge >= 0.3 is 0 Å². The van der Waals surface area contributed by atoms with Crippen LogP contribution in [-0.2, 0) is 4.74 Å². The number of rotatable bonds is 6. The lowest BCUT2D eigenvalue weighted by Gasteiger charge is -2.16. The first-order valence-corrected chi connectivity index (χ1v) is 9.53. The summed E-state index contributed by atoms with van der Waals surface area (Å²) >= 11 is 1.38. The molecule has 0 bridgehead atoms. The summed E-state index contributed by atoms with van der Waals surface area (Å²) in [6.45, 7) is 3.74. The summed E-state index contributed by atoms with van der Waals surface area (Å²) in [6, 6.07) is 0. The Kier molecular flexibility index (Phi) is 5.78. The zero-order valence-corrected chi connectivity index (χ0v) is 15.6. The van der Waals surface area contributed by atoms with Crippen LogP contribution >= 0.6 is 11.8 Å². The van der Waals surface area contributed by atoms with E-state index in [9.17, 15) is 15.3 Å². The highest BCUT2D eigenvalue weighted by Gasteiger charge is 2.44. The van der Waals surface area contributed by atoms with Crippen LogP contribution in [0.5, 0.6) is 0 Å². The summed E-state index contributed by atoms with van der Waals surface area (Å²) in [4.78, 5) is 13.3. The van der Waals surface area contributed by atoms with Crippen LogP contribution in [0.4, 0.5) is 5.82 Å². The van der Waals surface area contributed by atoms with Gasteiger partial charge in [-0.3, -0.25) is 4.57 Å². The lowest BCUT2D eigenvalue weighted by molar-refractivity contribution is -0.0511. The maximum atomic E-state index is 10.3. The number of fused-ring (bicyclic) bond motifs is 1. The van der Waals surface area contributed by atoms with E-state index in [0.717, 1.165) is 0 Å². The zero-order valence-electron chi connectivity index (χ0n) is 14.8. The molecule has 3 rings (SSSR count). The number of allylic oxidation sites excluding steroid dienone is 1. The zero-order chi connectivity index (χ0) is 18.8. The standard InChI is InChI=1S/C16H23N5O4S/c1-8(2)4-5-17-13-10-14(20-16(19-13)26-3)21(7-18-10)15-12(24)11(23)9(6-22)25-15/h4-5,7-9,11-12,15,22-24H,6H2,1-3H3,(H,17,19,20)/b5-4+/t9-,11-,12-,15-/m1/s1. The third-order valence-corrected chi connectivity index (χ3v) is 4.62. The number of aliphatic hydroxyl groups excluding tert-OH is 3. The van der Waals surface area contributed by atoms with E-state index in [2.05, 4.69) is 34.1 Å². The van der Waals surface area contributed by atoms with E-state index in [1.165, 1.54) is 18.1 Å². The molecule has 2 aromatic heterocycles. The molecule has 10 heteroatoms. The van der Waals surface area contributed by atoms with Crippen LogP contribution in [0.1, 0.15) is 20.1 Å². The smallest absolute Gasteiger partial charge is 0.191 e. The quantitative estimate of drug-likeness (QED) is 0.423. The van der Waals surface area contributed by atoms with Gasteiger partial charge in [0.2, 0.25) is 0 Å². The van der Waals surface area contributed by atoms with Crippen molar-refractivity contribution in [3.63, 3.8) is 0 Å². The third-order valence-electron chi connectivity index (χ3n) is 4.08. The van der Waals surface area contributed by atoms with E-state index in [1.807, 2.05) is 18.5 Å². The maximum absolute atomic E-state index is 10.3. The highest BCUT2D eigenvalue weighted by molar-refractivity contribution is 7.98. The number of ether oxygens (including phenoxy) is 1. The largest absolute Gasteiger partial charge is 0.394 e. The number of thioether (sulfide) groups is 1. The molecule has 1 fully saturated rings. The van der Waals surface area contributed by atoms with Crippen LogP contribution in [0.2, 0.25) is 0 Å². The van der Waals surface area contributed by atoms with E-state index in [1.54, 1.807) is 4.57 Å². The second kappa shape index (κ2) is 7.89. The highest BCUT2D eigenvalue weighted by atomic mass is 32.2. The molecular weight excluding hydrogens is 358 g/mol. The average molecular weight is 381 g/mol. The first kappa shape index (κ1) is 19.1. The number of imidazole rings is 1. The fraction of sp³-hybridized carbons (Fsp3) is 0.562. The molecule has 0 aliphatic carbocycles. The van der Waals surface area contributed by atoms with Gasteiger partial charge in [0.25, 0.3) is 0 Å². The molecule has 2 aromatic rings. The predicted molar refractivity (Wildman–Crippen MR) is 97.7 cm³/mol. The van der Waals surface area contributed by atoms with Crippen LogP contribution < -0.4 is 5.32 Å². The predicted octanol–water partition coefficient (Wildman–Crippen LogP) is 0.741. The molecule has 0 aromatic carbocycles. The van der Waals surface area contributed by atoms with Crippen molar-refractivity contribution in [2.45, 2.75) is 43.5 Å². The van der Waals surface area contributed by atoms with Gasteiger partial charge in [0.1, 0.15) is 18.3 Å². The molecule has 9 nitrogen and oxygen atoms in total. The van der Waals surface area contributed by atoms with Crippen molar-refractivity contribution in [3.8, 4) is 0 Å². The summed E-state index contributed by atoms with van der Waals surface area (Å²) in [6.07, 6.45) is 3.02. The summed E-state index contributed by atoms with van der Waals surface area (Å²) in [5, 5.41) is 33.2. The van der Waals surface area contributed by atoms with Crippen molar-refractivity contribution in [2.24, 2.45) is 5.92 Å². The van der Waals surface area contributed by atoms with Gasteiger partial charge in [-0.2, -0.15) is 0 Å². The van der Waals surface area contributed by atoms with Crippen molar-refractivity contribution in [1.82, 2.24) is 19.5 Å². The number of aliphatic hydroxyl groups is 3. The summed E-state index contributed by atoms with van der Waals surface area (Å²) < 4.78 is 7.14. The topological polar surface area (TPSA) is 126 Å². The first-order chi connectivity index (χ1) is 12.5. The summed E-state index contributed by atoms with van der Waals surface area (Å²) in [5.41, 5.74) is 0.994. The molecular formula is C16H23N5O4S. The fourth-order valence-electron chi connectivity index (χ4n) is 2.70. The van der Waals surface area contributed by atoms with E-state index in [0.29, 0.717) is 28.1 Å². The minimum Gasteiger partial charge on any atom is -0.394 e. The molecule has 26 heavy (non-hydrogen) atoms. The number of hydrogen-bond acceptors (Lipinski definition) is 9. The second-order valence-electron chi connectivity index (χ2n) is 6.36. The van der Waals surface area contributed by atoms with Crippen LogP contribution in [0.25, 0.3) is 11.2 Å². The molecule has 4 atom stereocenters. The summed E-state index contributed by atoms with van der Waals surface area (Å²) in [5.74, 6) is 0.929. The molecule has 1 saturated heterocycles. The first-order valence-electron chi connectivity index (χ1n) is 8.30. The van der Waals surface area contributed by atoms with Crippen molar-refractivity contribution in [3.05, 3.63) is 18.6 Å². The minimum absolute atomic E-state index is 0.386. The van der Waals surface area contributed by atoms with Crippen molar-refractivity contribution < 1.29 is 20.1 Å². The van der Waals surface area contributed by atoms with E-state index >= 15 is 0 Å². The molecule has 0 saturated carbocycles. The Morgan fingerprint density at radius 1 is 1.35 bits per heavy atom. The van der Waals surface area contributed by atoms with Crippen LogP contribution in [-0.4, -0.2) is 66.0 Å². The number of anilines is 1. The van der Waals surface area contributed by atoms with E-state index in [4.69, 9.17) is 4.74 Å². The van der Waals surface area contributed by atoms with Gasteiger partial charge in [-0.05, 0) is 18.4 Å². The lowest BCUT2D eigenvalue weighted by Crippen LogP contribution is -2.33. The Labute approximate surface area is 155 Å². The highest BCUT2D eigenvalue weighted by Crippen LogP contribution is 2.33. The number of hydrogen-bond donors (Lipinski definition) is 4. The Morgan fingerprint density at radius 2 is 2.12 bits per heavy atom. The van der Waals surface area contributed by atoms with Gasteiger partial charge in [0.15, 0.2) is 28.4 Å². The molecule has 1 aliphatic heterocycles. The van der Waals surface area contributed by atoms with Crippen molar-refractivity contribution in [1.29, 1.82) is 0 Å². The Bertz CT molecular complexity index is 796. The van der Waals surface area contributed by atoms with Crippen LogP contribution in [0, 0.1) is 5.92 Å². The maximum Gasteiger partial charge on any atom is 0.191 e. The molecule has 3 heterocycles. The number of nitrogens with zero attached hydrogens (tertiary/aromatic N) is 4. The average Bonchev–Trinajstić information content (AvgIpc) is 3.16. The SMILES string of the molecule is CSc1nc(N/C=C/C(C)C)c2ncn([C@@H]3O[C@H](CO)[C@@H](O)[C@H]3O)c2n1. The molecule has 0 spiro atoms. The Morgan fingerprint density at radius 3 is 2.73 bits per heavy atom. The summed E-state index contributed by atoms with van der Waals surface area (Å²) in [7, 11) is 0. The van der Waals surface area contributed by atoms with E-state index in [-0.39, 0.29) is 6.61 Å². The van der Waals surface area contributed by atoms with Crippen molar-refractivity contribution in [2.75, 3.05) is 18.2 Å². The molecule has 142 valence electrons. The van der Waals surface area contributed by atoms with Crippen molar-refractivity contribution >= 4 is 28.7 Å².